The third-order valence-electron chi connectivity index (χ3n) is 5.32. The van der Waals surface area contributed by atoms with Crippen LogP contribution < -0.4 is 4.72 Å². The van der Waals surface area contributed by atoms with Gasteiger partial charge in [-0.25, -0.2) is 12.8 Å². The summed E-state index contributed by atoms with van der Waals surface area (Å²) in [4.78, 5) is 13.9. The minimum atomic E-state index is -3.85. The molecule has 3 N–H and O–H groups in total. The second kappa shape index (κ2) is 8.29. The van der Waals surface area contributed by atoms with Gasteiger partial charge in [0.05, 0.1) is 28.3 Å². The largest absolute Gasteiger partial charge is 0.388 e. The lowest BCUT2D eigenvalue weighted by atomic mass is 10.2. The van der Waals surface area contributed by atoms with Crippen LogP contribution >= 0.6 is 0 Å². The molecule has 1 aliphatic heterocycles. The van der Waals surface area contributed by atoms with Crippen LogP contribution in [0.15, 0.2) is 59.6 Å². The molecule has 0 radical (unpaired) electrons. The number of aliphatic hydroxyl groups is 2. The van der Waals surface area contributed by atoms with Crippen molar-refractivity contribution >= 4 is 32.5 Å². The van der Waals surface area contributed by atoms with Crippen molar-refractivity contribution in [2.75, 3.05) is 17.8 Å². The number of halogens is 1. The van der Waals surface area contributed by atoms with Crippen molar-refractivity contribution in [1.29, 1.82) is 0 Å². The average Bonchev–Trinajstić information content (AvgIpc) is 3.25. The van der Waals surface area contributed by atoms with Gasteiger partial charge in [-0.2, -0.15) is 0 Å². The number of fused-ring (bicyclic) bond motifs is 1. The highest BCUT2D eigenvalue weighted by atomic mass is 32.2. The lowest BCUT2D eigenvalue weighted by Crippen LogP contribution is -2.30. The molecule has 2 unspecified atom stereocenters. The SMILES string of the molecule is O=C(CCn1cc(NS(=O)(=O)c2ccccc2)c2ccc(F)cc21)N1CC(O)C(O)C1. The Morgan fingerprint density at radius 1 is 1.10 bits per heavy atom. The molecule has 1 fully saturated rings. The molecule has 1 saturated heterocycles. The van der Waals surface area contributed by atoms with Crippen LogP contribution in [0.5, 0.6) is 0 Å². The molecule has 0 spiro atoms. The Bertz CT molecular complexity index is 1200. The van der Waals surface area contributed by atoms with E-state index < -0.39 is 28.0 Å². The van der Waals surface area contributed by atoms with Crippen molar-refractivity contribution in [2.24, 2.45) is 0 Å². The van der Waals surface area contributed by atoms with Gasteiger partial charge >= 0.3 is 0 Å². The number of aryl methyl sites for hydroxylation is 1. The van der Waals surface area contributed by atoms with E-state index in [1.807, 2.05) is 0 Å². The fraction of sp³-hybridized carbons (Fsp3) is 0.286. The Hall–Kier alpha value is -2.95. The summed E-state index contributed by atoms with van der Waals surface area (Å²) >= 11 is 0. The molecule has 1 aromatic heterocycles. The maximum atomic E-state index is 13.9. The highest BCUT2D eigenvalue weighted by molar-refractivity contribution is 7.92. The highest BCUT2D eigenvalue weighted by Crippen LogP contribution is 2.29. The van der Waals surface area contributed by atoms with Gasteiger partial charge in [0.15, 0.2) is 0 Å². The first kappa shape index (κ1) is 21.3. The minimum absolute atomic E-state index is 0.0462. The number of benzene rings is 2. The zero-order valence-corrected chi connectivity index (χ0v) is 17.3. The molecule has 3 aromatic rings. The zero-order valence-electron chi connectivity index (χ0n) is 16.5. The molecule has 4 rings (SSSR count). The first-order valence-electron chi connectivity index (χ1n) is 9.75. The number of nitrogens with zero attached hydrogens (tertiary/aromatic N) is 2. The molecular formula is C21H22FN3O5S. The molecule has 0 bridgehead atoms. The number of likely N-dealkylation sites (tertiary alicyclic amines) is 1. The average molecular weight is 447 g/mol. The molecule has 2 atom stereocenters. The third kappa shape index (κ3) is 4.41. The Labute approximate surface area is 178 Å². The summed E-state index contributed by atoms with van der Waals surface area (Å²) in [5.41, 5.74) is 0.721. The summed E-state index contributed by atoms with van der Waals surface area (Å²) in [6.45, 7) is 0.293. The quantitative estimate of drug-likeness (QED) is 0.531. The number of carbonyl (C=O) groups excluding carboxylic acids is 1. The molecule has 2 aromatic carbocycles. The fourth-order valence-corrected chi connectivity index (χ4v) is 4.77. The van der Waals surface area contributed by atoms with Gasteiger partial charge in [0.25, 0.3) is 10.0 Å². The summed E-state index contributed by atoms with van der Waals surface area (Å²) in [6.07, 6.45) is -0.357. The summed E-state index contributed by atoms with van der Waals surface area (Å²) in [5.74, 6) is -0.748. The van der Waals surface area contributed by atoms with Crippen LogP contribution in [0.4, 0.5) is 10.1 Å². The van der Waals surface area contributed by atoms with Crippen LogP contribution in [-0.4, -0.2) is 59.3 Å². The molecule has 8 nitrogen and oxygen atoms in total. The van der Waals surface area contributed by atoms with Crippen molar-refractivity contribution in [3.63, 3.8) is 0 Å². The normalized spacial score (nSPS) is 19.1. The van der Waals surface area contributed by atoms with Gasteiger partial charge in [0.1, 0.15) is 5.82 Å². The molecule has 1 aliphatic rings. The summed E-state index contributed by atoms with van der Waals surface area (Å²) in [5, 5.41) is 19.7. The molecule has 2 heterocycles. The number of hydrogen-bond acceptors (Lipinski definition) is 5. The van der Waals surface area contributed by atoms with Gasteiger partial charge in [-0.05, 0) is 30.3 Å². The van der Waals surface area contributed by atoms with Crippen LogP contribution in [-0.2, 0) is 21.4 Å². The second-order valence-electron chi connectivity index (χ2n) is 7.50. The topological polar surface area (TPSA) is 112 Å². The number of amides is 1. The number of nitrogens with one attached hydrogen (secondary N) is 1. The maximum Gasteiger partial charge on any atom is 0.261 e. The van der Waals surface area contributed by atoms with E-state index in [0.29, 0.717) is 10.9 Å². The van der Waals surface area contributed by atoms with E-state index in [0.717, 1.165) is 0 Å². The van der Waals surface area contributed by atoms with E-state index in [1.54, 1.807) is 22.8 Å². The monoisotopic (exact) mass is 447 g/mol. The maximum absolute atomic E-state index is 13.9. The Kier molecular flexibility index (Phi) is 5.69. The van der Waals surface area contributed by atoms with Crippen molar-refractivity contribution in [3.8, 4) is 0 Å². The van der Waals surface area contributed by atoms with Gasteiger partial charge in [-0.1, -0.05) is 18.2 Å². The lowest BCUT2D eigenvalue weighted by molar-refractivity contribution is -0.130. The van der Waals surface area contributed by atoms with Crippen LogP contribution in [0.1, 0.15) is 6.42 Å². The van der Waals surface area contributed by atoms with E-state index >= 15 is 0 Å². The highest BCUT2D eigenvalue weighted by Gasteiger charge is 2.32. The fourth-order valence-electron chi connectivity index (χ4n) is 3.68. The third-order valence-corrected chi connectivity index (χ3v) is 6.70. The standard InChI is InChI=1S/C21H22FN3O5S/c22-14-6-7-16-17(23-31(29,30)15-4-2-1-3-5-15)11-24(18(16)10-14)9-8-21(28)25-12-19(26)20(27)13-25/h1-7,10-11,19-20,23,26-27H,8-9,12-13H2. The molecule has 31 heavy (non-hydrogen) atoms. The number of sulfonamides is 1. The molecule has 0 saturated carbocycles. The van der Waals surface area contributed by atoms with E-state index in [-0.39, 0.29) is 42.5 Å². The molecule has 10 heteroatoms. The summed E-state index contributed by atoms with van der Waals surface area (Å²) in [6, 6.07) is 11.9. The van der Waals surface area contributed by atoms with Gasteiger partial charge in [0.2, 0.25) is 5.91 Å². The van der Waals surface area contributed by atoms with Gasteiger partial charge in [-0.15, -0.1) is 0 Å². The minimum Gasteiger partial charge on any atom is -0.388 e. The number of aliphatic hydroxyl groups excluding tert-OH is 2. The van der Waals surface area contributed by atoms with E-state index in [1.165, 1.54) is 41.4 Å². The van der Waals surface area contributed by atoms with Crippen LogP contribution in [0, 0.1) is 5.82 Å². The number of aromatic nitrogens is 1. The smallest absolute Gasteiger partial charge is 0.261 e. The number of anilines is 1. The van der Waals surface area contributed by atoms with Gasteiger partial charge in [0, 0.05) is 37.6 Å². The Morgan fingerprint density at radius 2 is 1.77 bits per heavy atom. The molecule has 164 valence electrons. The second-order valence-corrected chi connectivity index (χ2v) is 9.18. The van der Waals surface area contributed by atoms with Crippen LogP contribution in [0.25, 0.3) is 10.9 Å². The number of carbonyl (C=O) groups is 1. The van der Waals surface area contributed by atoms with Gasteiger partial charge < -0.3 is 19.7 Å². The number of β-amino-alcohol motifs (C(OH)–C–C–N with tert-alkyl or cyclic N) is 2. The van der Waals surface area contributed by atoms with Crippen LogP contribution in [0.3, 0.4) is 0 Å². The first-order chi connectivity index (χ1) is 14.7. The van der Waals surface area contributed by atoms with E-state index in [4.69, 9.17) is 0 Å². The molecule has 0 aliphatic carbocycles. The number of hydrogen-bond donors (Lipinski definition) is 3. The van der Waals surface area contributed by atoms with E-state index in [2.05, 4.69) is 4.72 Å². The molecular weight excluding hydrogens is 425 g/mol. The predicted octanol–water partition coefficient (Wildman–Crippen LogP) is 1.54. The van der Waals surface area contributed by atoms with Gasteiger partial charge in [-0.3, -0.25) is 9.52 Å². The van der Waals surface area contributed by atoms with Crippen molar-refractivity contribution in [3.05, 3.63) is 60.5 Å². The lowest BCUT2D eigenvalue weighted by Gasteiger charge is -2.15. The zero-order chi connectivity index (χ0) is 22.2. The first-order valence-corrected chi connectivity index (χ1v) is 11.2. The molecule has 1 amide bonds. The van der Waals surface area contributed by atoms with Crippen molar-refractivity contribution < 1.29 is 27.8 Å². The summed E-state index contributed by atoms with van der Waals surface area (Å²) in [7, 11) is -3.85. The Balaban J connectivity index is 1.58. The van der Waals surface area contributed by atoms with E-state index in [9.17, 15) is 27.8 Å². The Morgan fingerprint density at radius 3 is 2.45 bits per heavy atom. The van der Waals surface area contributed by atoms with Crippen molar-refractivity contribution in [2.45, 2.75) is 30.1 Å². The predicted molar refractivity (Wildman–Crippen MR) is 112 cm³/mol. The number of rotatable bonds is 6. The summed E-state index contributed by atoms with van der Waals surface area (Å²) < 4.78 is 43.5. The van der Waals surface area contributed by atoms with Crippen LogP contribution in [0.2, 0.25) is 0 Å². The van der Waals surface area contributed by atoms with Crippen molar-refractivity contribution in [1.82, 2.24) is 9.47 Å².